The third-order valence-corrected chi connectivity index (χ3v) is 4.52. The van der Waals surface area contributed by atoms with E-state index in [1.54, 1.807) is 6.92 Å². The first kappa shape index (κ1) is 16.8. The van der Waals surface area contributed by atoms with Gasteiger partial charge in [-0.05, 0) is 26.3 Å². The van der Waals surface area contributed by atoms with Gasteiger partial charge in [0.25, 0.3) is 5.69 Å². The number of halogens is 1. The molecule has 1 atom stereocenters. The Morgan fingerprint density at radius 1 is 1.50 bits per heavy atom. The molecule has 0 aliphatic carbocycles. The van der Waals surface area contributed by atoms with E-state index < -0.39 is 14.9 Å². The summed E-state index contributed by atoms with van der Waals surface area (Å²) in [4.78, 5) is 9.98. The number of nitrogens with zero attached hydrogens (tertiary/aromatic N) is 1. The maximum absolute atomic E-state index is 12.0. The molecule has 9 heteroatoms. The molecule has 7 nitrogen and oxygen atoms in total. The molecule has 0 bridgehead atoms. The molecule has 1 aromatic carbocycles. The molecule has 112 valence electrons. The molecule has 20 heavy (non-hydrogen) atoms. The van der Waals surface area contributed by atoms with Crippen molar-refractivity contribution in [2.24, 2.45) is 5.73 Å². The minimum absolute atomic E-state index is 0.0340. The summed E-state index contributed by atoms with van der Waals surface area (Å²) in [5.74, 6) is 0. The normalized spacial score (nSPS) is 13.2. The Labute approximate surface area is 122 Å². The van der Waals surface area contributed by atoms with Gasteiger partial charge in [-0.25, -0.2) is 13.1 Å². The van der Waals surface area contributed by atoms with Crippen LogP contribution in [0.5, 0.6) is 0 Å². The van der Waals surface area contributed by atoms with E-state index in [0.717, 1.165) is 6.07 Å². The fourth-order valence-corrected chi connectivity index (χ4v) is 2.86. The minimum Gasteiger partial charge on any atom is -0.328 e. The fraction of sp³-hybridized carbons (Fsp3) is 0.455. The summed E-state index contributed by atoms with van der Waals surface area (Å²) < 4.78 is 26.4. The van der Waals surface area contributed by atoms with Gasteiger partial charge in [-0.15, -0.1) is 0 Å². The molecule has 0 aromatic heterocycles. The van der Waals surface area contributed by atoms with E-state index in [1.165, 1.54) is 13.0 Å². The first-order valence-electron chi connectivity index (χ1n) is 5.85. The maximum Gasteiger partial charge on any atom is 0.275 e. The van der Waals surface area contributed by atoms with Crippen molar-refractivity contribution >= 4 is 27.3 Å². The number of nitrogens with two attached hydrogens (primary N) is 1. The number of hydrogen-bond acceptors (Lipinski definition) is 5. The van der Waals surface area contributed by atoms with E-state index in [-0.39, 0.29) is 33.8 Å². The Kier molecular flexibility index (Phi) is 5.46. The molecular weight excluding hydrogens is 306 g/mol. The average molecular weight is 322 g/mol. The number of sulfonamides is 1. The van der Waals surface area contributed by atoms with Crippen molar-refractivity contribution in [1.29, 1.82) is 0 Å². The number of nitro benzene ring substituents is 1. The highest BCUT2D eigenvalue weighted by atomic mass is 35.5. The van der Waals surface area contributed by atoms with Gasteiger partial charge >= 0.3 is 0 Å². The lowest BCUT2D eigenvalue weighted by atomic mass is 10.2. The number of hydrogen-bond donors (Lipinski definition) is 2. The Balaban J connectivity index is 3.10. The molecular formula is C11H16ClN3O4S. The van der Waals surface area contributed by atoms with Crippen LogP contribution >= 0.6 is 11.6 Å². The smallest absolute Gasteiger partial charge is 0.275 e. The summed E-state index contributed by atoms with van der Waals surface area (Å²) in [6.07, 6.45) is 0.459. The third kappa shape index (κ3) is 4.14. The number of nitrogens with one attached hydrogen (secondary N) is 1. The van der Waals surface area contributed by atoms with E-state index >= 15 is 0 Å². The van der Waals surface area contributed by atoms with Crippen LogP contribution in [-0.2, 0) is 10.0 Å². The zero-order valence-corrected chi connectivity index (χ0v) is 12.7. The van der Waals surface area contributed by atoms with Crippen molar-refractivity contribution in [3.8, 4) is 0 Å². The van der Waals surface area contributed by atoms with Gasteiger partial charge in [0.1, 0.15) is 0 Å². The quantitative estimate of drug-likeness (QED) is 0.609. The third-order valence-electron chi connectivity index (χ3n) is 2.69. The van der Waals surface area contributed by atoms with Gasteiger partial charge in [0.2, 0.25) is 10.0 Å². The molecule has 0 saturated heterocycles. The molecule has 1 unspecified atom stereocenters. The fourth-order valence-electron chi connectivity index (χ4n) is 1.49. The lowest BCUT2D eigenvalue weighted by molar-refractivity contribution is -0.385. The van der Waals surface area contributed by atoms with Crippen LogP contribution in [-0.4, -0.2) is 25.9 Å². The molecule has 0 spiro atoms. The summed E-state index contributed by atoms with van der Waals surface area (Å²) in [5, 5.41) is 10.9. The molecule has 1 aromatic rings. The second-order valence-electron chi connectivity index (χ2n) is 4.47. The van der Waals surface area contributed by atoms with Gasteiger partial charge in [-0.2, -0.15) is 0 Å². The largest absolute Gasteiger partial charge is 0.328 e. The predicted molar refractivity (Wildman–Crippen MR) is 76.3 cm³/mol. The average Bonchev–Trinajstić information content (AvgIpc) is 2.31. The molecule has 0 aliphatic heterocycles. The van der Waals surface area contributed by atoms with Crippen LogP contribution in [0.15, 0.2) is 17.0 Å². The van der Waals surface area contributed by atoms with Crippen molar-refractivity contribution in [3.63, 3.8) is 0 Å². The number of benzene rings is 1. The van der Waals surface area contributed by atoms with Crippen LogP contribution in [0.2, 0.25) is 5.02 Å². The Bertz CT molecular complexity index is 616. The molecule has 0 aliphatic rings. The zero-order valence-electron chi connectivity index (χ0n) is 11.1. The van der Waals surface area contributed by atoms with Gasteiger partial charge < -0.3 is 5.73 Å². The topological polar surface area (TPSA) is 115 Å². The van der Waals surface area contributed by atoms with Gasteiger partial charge in [-0.3, -0.25) is 10.1 Å². The molecule has 3 N–H and O–H groups in total. The molecule has 0 heterocycles. The minimum atomic E-state index is -3.85. The van der Waals surface area contributed by atoms with Crippen molar-refractivity contribution in [3.05, 3.63) is 32.8 Å². The van der Waals surface area contributed by atoms with Crippen LogP contribution < -0.4 is 10.5 Å². The molecule has 1 rings (SSSR count). The van der Waals surface area contributed by atoms with Crippen LogP contribution in [0.4, 0.5) is 5.69 Å². The van der Waals surface area contributed by atoms with Crippen LogP contribution in [0.1, 0.15) is 18.9 Å². The monoisotopic (exact) mass is 321 g/mol. The first-order chi connectivity index (χ1) is 9.15. The molecule has 0 fully saturated rings. The lowest BCUT2D eigenvalue weighted by Gasteiger charge is -2.09. The van der Waals surface area contributed by atoms with Crippen molar-refractivity contribution in [2.75, 3.05) is 6.54 Å². The Morgan fingerprint density at radius 3 is 2.60 bits per heavy atom. The second kappa shape index (κ2) is 6.49. The Morgan fingerprint density at radius 2 is 2.10 bits per heavy atom. The van der Waals surface area contributed by atoms with E-state index in [2.05, 4.69) is 4.72 Å². The van der Waals surface area contributed by atoms with Gasteiger partial charge in [-0.1, -0.05) is 11.6 Å². The maximum atomic E-state index is 12.0. The predicted octanol–water partition coefficient (Wildman–Crippen LogP) is 1.57. The van der Waals surface area contributed by atoms with Crippen LogP contribution in [0.3, 0.4) is 0 Å². The molecule has 0 saturated carbocycles. The second-order valence-corrected chi connectivity index (χ2v) is 6.64. The number of rotatable bonds is 6. The van der Waals surface area contributed by atoms with Crippen molar-refractivity contribution in [1.82, 2.24) is 4.72 Å². The SMILES string of the molecule is Cc1c(Cl)cc(S(=O)(=O)NCCC(C)N)cc1[N+](=O)[O-]. The van der Waals surface area contributed by atoms with Crippen molar-refractivity contribution in [2.45, 2.75) is 31.2 Å². The highest BCUT2D eigenvalue weighted by Crippen LogP contribution is 2.29. The van der Waals surface area contributed by atoms with Crippen LogP contribution in [0.25, 0.3) is 0 Å². The molecule has 0 amide bonds. The number of nitro groups is 1. The lowest BCUT2D eigenvalue weighted by Crippen LogP contribution is -2.29. The summed E-state index contributed by atoms with van der Waals surface area (Å²) in [6, 6.07) is 2.04. The van der Waals surface area contributed by atoms with E-state index in [0.29, 0.717) is 6.42 Å². The standard InChI is InChI=1S/C11H16ClN3O4S/c1-7(13)3-4-14-20(18,19)9-5-10(12)8(2)11(6-9)15(16)17/h5-7,14H,3-4,13H2,1-2H3. The highest BCUT2D eigenvalue weighted by molar-refractivity contribution is 7.89. The van der Waals surface area contributed by atoms with E-state index in [1.807, 2.05) is 0 Å². The molecule has 0 radical (unpaired) electrons. The first-order valence-corrected chi connectivity index (χ1v) is 7.71. The van der Waals surface area contributed by atoms with Crippen molar-refractivity contribution < 1.29 is 13.3 Å². The Hall–Kier alpha value is -1.22. The van der Waals surface area contributed by atoms with E-state index in [4.69, 9.17) is 17.3 Å². The summed E-state index contributed by atoms with van der Waals surface area (Å²) >= 11 is 5.84. The summed E-state index contributed by atoms with van der Waals surface area (Å²) in [7, 11) is -3.85. The van der Waals surface area contributed by atoms with Crippen LogP contribution in [0, 0.1) is 17.0 Å². The zero-order chi connectivity index (χ0) is 15.5. The van der Waals surface area contributed by atoms with E-state index in [9.17, 15) is 18.5 Å². The summed E-state index contributed by atoms with van der Waals surface area (Å²) in [6.45, 7) is 3.36. The van der Waals surface area contributed by atoms with Gasteiger partial charge in [0.15, 0.2) is 0 Å². The highest BCUT2D eigenvalue weighted by Gasteiger charge is 2.22. The van der Waals surface area contributed by atoms with Gasteiger partial charge in [0, 0.05) is 24.2 Å². The summed E-state index contributed by atoms with van der Waals surface area (Å²) in [5.41, 5.74) is 5.42. The van der Waals surface area contributed by atoms with Gasteiger partial charge in [0.05, 0.1) is 14.8 Å².